The highest BCUT2D eigenvalue weighted by molar-refractivity contribution is 7.19. The fraction of sp³-hybridized carbons (Fsp3) is 0.455. The van der Waals surface area contributed by atoms with Gasteiger partial charge in [-0.3, -0.25) is 9.78 Å². The minimum Gasteiger partial charge on any atom is -0.369 e. The number of thiophene rings is 1. The van der Waals surface area contributed by atoms with Crippen LogP contribution in [0.25, 0.3) is 21.6 Å². The summed E-state index contributed by atoms with van der Waals surface area (Å²) in [6.45, 7) is 3.85. The Labute approximate surface area is 174 Å². The van der Waals surface area contributed by atoms with Crippen LogP contribution in [0.2, 0.25) is 0 Å². The van der Waals surface area contributed by atoms with Crippen molar-refractivity contribution in [3.05, 3.63) is 35.0 Å². The summed E-state index contributed by atoms with van der Waals surface area (Å²) in [4.78, 5) is 30.8. The van der Waals surface area contributed by atoms with Crippen molar-refractivity contribution >= 4 is 33.3 Å². The molecule has 150 valence electrons. The third kappa shape index (κ3) is 3.37. The second-order valence-corrected chi connectivity index (χ2v) is 9.42. The molecule has 1 saturated heterocycles. The van der Waals surface area contributed by atoms with Gasteiger partial charge in [-0.1, -0.05) is 6.92 Å². The fourth-order valence-electron chi connectivity index (χ4n) is 4.58. The highest BCUT2D eigenvalue weighted by atomic mass is 32.1. The second kappa shape index (κ2) is 7.37. The molecule has 0 unspecified atom stereocenters. The molecule has 7 heteroatoms. The van der Waals surface area contributed by atoms with Crippen LogP contribution >= 0.6 is 11.3 Å². The number of aryl methyl sites for hydroxylation is 1. The minimum atomic E-state index is -0.214. The number of aromatic nitrogens is 3. The van der Waals surface area contributed by atoms with Crippen LogP contribution in [0.1, 0.15) is 36.6 Å². The maximum absolute atomic E-state index is 11.9. The van der Waals surface area contributed by atoms with Gasteiger partial charge in [0.2, 0.25) is 5.91 Å². The molecule has 29 heavy (non-hydrogen) atoms. The maximum atomic E-state index is 11.9. The van der Waals surface area contributed by atoms with Gasteiger partial charge in [-0.25, -0.2) is 9.97 Å². The molecule has 3 aromatic heterocycles. The molecule has 2 atom stereocenters. The Morgan fingerprint density at radius 2 is 2.21 bits per heavy atom. The van der Waals surface area contributed by atoms with Gasteiger partial charge in [0.15, 0.2) is 5.82 Å². The molecule has 0 bridgehead atoms. The van der Waals surface area contributed by atoms with Crippen LogP contribution in [0.3, 0.4) is 0 Å². The van der Waals surface area contributed by atoms with Crippen LogP contribution in [0.4, 0.5) is 5.82 Å². The van der Waals surface area contributed by atoms with Gasteiger partial charge in [-0.15, -0.1) is 11.3 Å². The molecule has 5 rings (SSSR count). The van der Waals surface area contributed by atoms with Crippen molar-refractivity contribution in [2.45, 2.75) is 39.0 Å². The van der Waals surface area contributed by atoms with Crippen molar-refractivity contribution in [2.24, 2.45) is 17.6 Å². The number of nitrogens with zero attached hydrogens (tertiary/aromatic N) is 4. The maximum Gasteiger partial charge on any atom is 0.222 e. The smallest absolute Gasteiger partial charge is 0.222 e. The first-order chi connectivity index (χ1) is 14.1. The van der Waals surface area contributed by atoms with Gasteiger partial charge >= 0.3 is 0 Å². The van der Waals surface area contributed by atoms with Gasteiger partial charge in [0.25, 0.3) is 0 Å². The first-order valence-corrected chi connectivity index (χ1v) is 11.2. The summed E-state index contributed by atoms with van der Waals surface area (Å²) in [6.07, 6.45) is 8.76. The number of amides is 1. The van der Waals surface area contributed by atoms with Crippen molar-refractivity contribution in [2.75, 3.05) is 18.0 Å². The molecule has 2 aliphatic rings. The van der Waals surface area contributed by atoms with E-state index in [0.29, 0.717) is 18.3 Å². The summed E-state index contributed by atoms with van der Waals surface area (Å²) >= 11 is 1.81. The lowest BCUT2D eigenvalue weighted by Crippen LogP contribution is -2.41. The molecule has 1 amide bonds. The van der Waals surface area contributed by atoms with Crippen molar-refractivity contribution < 1.29 is 4.79 Å². The number of pyridine rings is 1. The quantitative estimate of drug-likeness (QED) is 0.717. The highest BCUT2D eigenvalue weighted by Gasteiger charge is 2.30. The zero-order valence-electron chi connectivity index (χ0n) is 16.6. The van der Waals surface area contributed by atoms with Crippen molar-refractivity contribution in [1.82, 2.24) is 15.0 Å². The number of piperidine rings is 1. The molecule has 0 radical (unpaired) electrons. The van der Waals surface area contributed by atoms with Crippen LogP contribution in [0.5, 0.6) is 0 Å². The number of hydrogen-bond acceptors (Lipinski definition) is 6. The van der Waals surface area contributed by atoms with E-state index in [9.17, 15) is 4.79 Å². The second-order valence-electron chi connectivity index (χ2n) is 8.33. The Hall–Kier alpha value is -2.54. The monoisotopic (exact) mass is 407 g/mol. The summed E-state index contributed by atoms with van der Waals surface area (Å²) in [7, 11) is 0. The molecule has 1 aliphatic carbocycles. The third-order valence-electron chi connectivity index (χ3n) is 6.18. The number of rotatable bonds is 3. The highest BCUT2D eigenvalue weighted by Crippen LogP contribution is 2.42. The standard InChI is InChI=1S/C22H25N5OS/c1-13-6-7-16-17(10-13)29-22-18(16)21(27-9-3-5-15(12-27)19(23)28)25-20(26-22)14-4-2-8-24-11-14/h2,4,8,11,13,15H,3,5-7,9-10,12H2,1H3,(H2,23,28)/t13-,15+/m1/s1. The van der Waals surface area contributed by atoms with Gasteiger partial charge in [-0.05, 0) is 55.7 Å². The molecule has 0 aromatic carbocycles. The number of carbonyl (C=O) groups excluding carboxylic acids is 1. The molecule has 0 saturated carbocycles. The first-order valence-electron chi connectivity index (χ1n) is 10.4. The fourth-order valence-corrected chi connectivity index (χ4v) is 5.96. The van der Waals surface area contributed by atoms with E-state index in [0.717, 1.165) is 48.4 Å². The molecule has 0 spiro atoms. The predicted octanol–water partition coefficient (Wildman–Crippen LogP) is 3.58. The molecule has 1 fully saturated rings. The average molecular weight is 408 g/mol. The van der Waals surface area contributed by atoms with E-state index in [1.165, 1.54) is 22.2 Å². The van der Waals surface area contributed by atoms with Crippen molar-refractivity contribution in [1.29, 1.82) is 0 Å². The van der Waals surface area contributed by atoms with E-state index in [-0.39, 0.29) is 11.8 Å². The van der Waals surface area contributed by atoms with Crippen molar-refractivity contribution in [3.63, 3.8) is 0 Å². The van der Waals surface area contributed by atoms with E-state index < -0.39 is 0 Å². The van der Waals surface area contributed by atoms with E-state index in [1.807, 2.05) is 29.7 Å². The molecule has 4 heterocycles. The summed E-state index contributed by atoms with van der Waals surface area (Å²) in [5.41, 5.74) is 7.97. The lowest BCUT2D eigenvalue weighted by molar-refractivity contribution is -0.122. The first kappa shape index (κ1) is 18.5. The Morgan fingerprint density at radius 1 is 1.31 bits per heavy atom. The number of hydrogen-bond donors (Lipinski definition) is 1. The van der Waals surface area contributed by atoms with Gasteiger partial charge in [0.1, 0.15) is 10.6 Å². The van der Waals surface area contributed by atoms with E-state index in [2.05, 4.69) is 16.8 Å². The summed E-state index contributed by atoms with van der Waals surface area (Å²) < 4.78 is 0. The van der Waals surface area contributed by atoms with Crippen LogP contribution in [-0.2, 0) is 17.6 Å². The van der Waals surface area contributed by atoms with Crippen molar-refractivity contribution in [3.8, 4) is 11.4 Å². The lowest BCUT2D eigenvalue weighted by atomic mass is 9.89. The van der Waals surface area contributed by atoms with E-state index >= 15 is 0 Å². The number of carbonyl (C=O) groups is 1. The molecule has 1 aliphatic heterocycles. The summed E-state index contributed by atoms with van der Waals surface area (Å²) in [5.74, 6) is 2.04. The van der Waals surface area contributed by atoms with Crippen LogP contribution in [0.15, 0.2) is 24.5 Å². The van der Waals surface area contributed by atoms with Crippen LogP contribution < -0.4 is 10.6 Å². The van der Waals surface area contributed by atoms with Crippen LogP contribution in [0, 0.1) is 11.8 Å². The molecule has 2 N–H and O–H groups in total. The Balaban J connectivity index is 1.68. The number of fused-ring (bicyclic) bond motifs is 3. The summed E-state index contributed by atoms with van der Waals surface area (Å²) in [6, 6.07) is 3.91. The zero-order valence-corrected chi connectivity index (χ0v) is 17.4. The molecule has 3 aromatic rings. The number of primary amides is 1. The summed E-state index contributed by atoms with van der Waals surface area (Å²) in [5, 5.41) is 1.19. The van der Waals surface area contributed by atoms with Gasteiger partial charge in [0.05, 0.1) is 11.3 Å². The molecular formula is C22H25N5OS. The van der Waals surface area contributed by atoms with E-state index in [1.54, 1.807) is 6.20 Å². The Bertz CT molecular complexity index is 1060. The predicted molar refractivity (Wildman–Crippen MR) is 116 cm³/mol. The Morgan fingerprint density at radius 3 is 3.00 bits per heavy atom. The third-order valence-corrected chi connectivity index (χ3v) is 7.33. The SMILES string of the molecule is C[C@@H]1CCc2c(sc3nc(-c4cccnc4)nc(N4CCC[C@H](C(N)=O)C4)c23)C1. The molecule has 6 nitrogen and oxygen atoms in total. The largest absolute Gasteiger partial charge is 0.369 e. The van der Waals surface area contributed by atoms with Gasteiger partial charge in [-0.2, -0.15) is 0 Å². The lowest BCUT2D eigenvalue weighted by Gasteiger charge is -2.33. The van der Waals surface area contributed by atoms with E-state index in [4.69, 9.17) is 15.7 Å². The normalized spacial score (nSPS) is 21.9. The zero-order chi connectivity index (χ0) is 20.0. The number of anilines is 1. The average Bonchev–Trinajstić information content (AvgIpc) is 3.11. The Kier molecular flexibility index (Phi) is 4.70. The van der Waals surface area contributed by atoms with Gasteiger partial charge in [0, 0.05) is 35.9 Å². The topological polar surface area (TPSA) is 85.0 Å². The van der Waals surface area contributed by atoms with Gasteiger partial charge < -0.3 is 10.6 Å². The minimum absolute atomic E-state index is 0.120. The number of nitrogens with two attached hydrogens (primary N) is 1. The molecular weight excluding hydrogens is 382 g/mol. The van der Waals surface area contributed by atoms with Crippen LogP contribution in [-0.4, -0.2) is 33.9 Å².